The van der Waals surface area contributed by atoms with Crippen LogP contribution in [-0.2, 0) is 9.59 Å². The van der Waals surface area contributed by atoms with Gasteiger partial charge in [-0.15, -0.1) is 0 Å². The van der Waals surface area contributed by atoms with Gasteiger partial charge in [-0.2, -0.15) is 0 Å². The lowest BCUT2D eigenvalue weighted by atomic mass is 9.59. The van der Waals surface area contributed by atoms with E-state index < -0.39 is 28.4 Å². The molecule has 1 aromatic carbocycles. The van der Waals surface area contributed by atoms with Gasteiger partial charge in [-0.05, 0) is 40.5 Å². The highest BCUT2D eigenvalue weighted by Gasteiger charge is 2.58. The highest BCUT2D eigenvalue weighted by atomic mass is 16.5. The van der Waals surface area contributed by atoms with Crippen LogP contribution in [0.3, 0.4) is 0 Å². The summed E-state index contributed by atoms with van der Waals surface area (Å²) in [5, 5.41) is 22.0. The molecule has 1 aromatic rings. The summed E-state index contributed by atoms with van der Waals surface area (Å²) in [5.74, 6) is -2.38. The van der Waals surface area contributed by atoms with Crippen LogP contribution in [0.2, 0.25) is 0 Å². The fourth-order valence-electron chi connectivity index (χ4n) is 4.94. The van der Waals surface area contributed by atoms with Gasteiger partial charge in [0.25, 0.3) is 0 Å². The second-order valence-corrected chi connectivity index (χ2v) is 10.4. The van der Waals surface area contributed by atoms with Crippen molar-refractivity contribution in [1.82, 2.24) is 0 Å². The average Bonchev–Trinajstić information content (AvgIpc) is 2.68. The Bertz CT molecular complexity index is 1050. The SMILES string of the molecule is Cc1c(O)c(C(=O)C(C)C)c(O)c2c1OC1=C(C(=O)C(C)(C)C(=O)C1(C)C)[C@H]2C(C)C. The Labute approximate surface area is 183 Å². The van der Waals surface area contributed by atoms with Gasteiger partial charge in [-0.3, -0.25) is 14.4 Å². The molecular weight excluding hydrogens is 396 g/mol. The van der Waals surface area contributed by atoms with Crippen molar-refractivity contribution in [2.45, 2.75) is 68.2 Å². The molecule has 168 valence electrons. The van der Waals surface area contributed by atoms with Crippen LogP contribution in [0.5, 0.6) is 17.2 Å². The van der Waals surface area contributed by atoms with Gasteiger partial charge in [0.15, 0.2) is 17.3 Å². The molecule has 3 rings (SSSR count). The third kappa shape index (κ3) is 2.94. The maximum absolute atomic E-state index is 13.5. The Balaban J connectivity index is 2.44. The minimum Gasteiger partial charge on any atom is -0.507 e. The lowest BCUT2D eigenvalue weighted by Gasteiger charge is -2.46. The summed E-state index contributed by atoms with van der Waals surface area (Å²) in [6, 6.07) is 0. The Hall–Kier alpha value is -2.63. The van der Waals surface area contributed by atoms with Gasteiger partial charge in [0.2, 0.25) is 0 Å². The molecular formula is C25H32O6. The highest BCUT2D eigenvalue weighted by molar-refractivity contribution is 6.20. The van der Waals surface area contributed by atoms with E-state index in [-0.39, 0.29) is 46.1 Å². The number of Topliss-reactive ketones (excluding diaryl/α,β-unsaturated/α-hetero) is 3. The third-order valence-electron chi connectivity index (χ3n) is 6.69. The van der Waals surface area contributed by atoms with Gasteiger partial charge in [0.1, 0.15) is 28.6 Å². The van der Waals surface area contributed by atoms with Crippen molar-refractivity contribution in [1.29, 1.82) is 0 Å². The largest absolute Gasteiger partial charge is 0.507 e. The van der Waals surface area contributed by atoms with E-state index in [1.165, 1.54) is 0 Å². The zero-order chi connectivity index (χ0) is 23.8. The Morgan fingerprint density at radius 3 is 2.00 bits per heavy atom. The maximum Gasteiger partial charge on any atom is 0.175 e. The molecule has 2 N–H and O–H groups in total. The number of fused-ring (bicyclic) bond motifs is 1. The zero-order valence-electron chi connectivity index (χ0n) is 19.8. The predicted octanol–water partition coefficient (Wildman–Crippen LogP) is 4.84. The second kappa shape index (κ2) is 6.94. The van der Waals surface area contributed by atoms with Crippen LogP contribution < -0.4 is 4.74 Å². The number of phenols is 2. The van der Waals surface area contributed by atoms with E-state index in [1.807, 2.05) is 13.8 Å². The van der Waals surface area contributed by atoms with Crippen LogP contribution in [-0.4, -0.2) is 27.6 Å². The van der Waals surface area contributed by atoms with E-state index in [0.717, 1.165) is 0 Å². The number of benzene rings is 1. The molecule has 1 aliphatic carbocycles. The van der Waals surface area contributed by atoms with Crippen LogP contribution >= 0.6 is 0 Å². The molecule has 6 nitrogen and oxygen atoms in total. The molecule has 2 aliphatic rings. The number of carbonyl (C=O) groups excluding carboxylic acids is 3. The smallest absolute Gasteiger partial charge is 0.175 e. The molecule has 31 heavy (non-hydrogen) atoms. The average molecular weight is 429 g/mol. The number of ketones is 3. The molecule has 0 aromatic heterocycles. The molecule has 1 atom stereocenters. The number of hydrogen-bond donors (Lipinski definition) is 2. The van der Waals surface area contributed by atoms with Crippen LogP contribution in [0, 0.1) is 29.6 Å². The van der Waals surface area contributed by atoms with Crippen LogP contribution in [0.4, 0.5) is 0 Å². The topological polar surface area (TPSA) is 101 Å². The van der Waals surface area contributed by atoms with Crippen LogP contribution in [0.1, 0.15) is 82.8 Å². The molecule has 0 saturated heterocycles. The monoisotopic (exact) mass is 428 g/mol. The molecule has 0 spiro atoms. The lowest BCUT2D eigenvalue weighted by Crippen LogP contribution is -2.52. The van der Waals surface area contributed by atoms with Gasteiger partial charge in [0, 0.05) is 28.5 Å². The normalized spacial score (nSPS) is 21.8. The first kappa shape index (κ1) is 23.0. The minimum absolute atomic E-state index is 0.145. The zero-order valence-corrected chi connectivity index (χ0v) is 19.8. The Morgan fingerprint density at radius 2 is 1.52 bits per heavy atom. The molecule has 0 unspecified atom stereocenters. The van der Waals surface area contributed by atoms with E-state index in [0.29, 0.717) is 16.7 Å². The fourth-order valence-corrected chi connectivity index (χ4v) is 4.94. The Morgan fingerprint density at radius 1 is 0.968 bits per heavy atom. The summed E-state index contributed by atoms with van der Waals surface area (Å²) in [7, 11) is 0. The van der Waals surface area contributed by atoms with E-state index in [9.17, 15) is 24.6 Å². The van der Waals surface area contributed by atoms with Crippen molar-refractivity contribution >= 4 is 17.3 Å². The number of allylic oxidation sites excluding steroid dienone is 2. The summed E-state index contributed by atoms with van der Waals surface area (Å²) in [4.78, 5) is 39.5. The maximum atomic E-state index is 13.5. The fraction of sp³-hybridized carbons (Fsp3) is 0.560. The summed E-state index contributed by atoms with van der Waals surface area (Å²) in [6.07, 6.45) is 0. The minimum atomic E-state index is -1.24. The number of ether oxygens (including phenoxy) is 1. The highest BCUT2D eigenvalue weighted by Crippen LogP contribution is 2.58. The number of hydrogen-bond acceptors (Lipinski definition) is 6. The quantitative estimate of drug-likeness (QED) is 0.528. The number of aromatic hydroxyl groups is 2. The van der Waals surface area contributed by atoms with E-state index in [2.05, 4.69) is 0 Å². The molecule has 0 amide bonds. The first-order valence-electron chi connectivity index (χ1n) is 10.7. The molecule has 1 heterocycles. The molecule has 0 radical (unpaired) electrons. The first-order chi connectivity index (χ1) is 14.1. The third-order valence-corrected chi connectivity index (χ3v) is 6.69. The molecule has 0 fully saturated rings. The summed E-state index contributed by atoms with van der Waals surface area (Å²) in [6.45, 7) is 15.5. The van der Waals surface area contributed by atoms with Crippen molar-refractivity contribution in [2.75, 3.05) is 0 Å². The van der Waals surface area contributed by atoms with Crippen molar-refractivity contribution in [2.24, 2.45) is 22.7 Å². The molecule has 0 bridgehead atoms. The van der Waals surface area contributed by atoms with E-state index >= 15 is 0 Å². The van der Waals surface area contributed by atoms with Crippen molar-refractivity contribution < 1.29 is 29.3 Å². The van der Waals surface area contributed by atoms with Gasteiger partial charge >= 0.3 is 0 Å². The first-order valence-corrected chi connectivity index (χ1v) is 10.7. The Kier molecular flexibility index (Phi) is 5.16. The summed E-state index contributed by atoms with van der Waals surface area (Å²) in [5.41, 5.74) is -1.48. The van der Waals surface area contributed by atoms with Crippen molar-refractivity contribution in [3.63, 3.8) is 0 Å². The standard InChI is InChI=1S/C25H32O6/c1-10(2)13-14-19(28)16(17(26)11(3)4)18(27)12(5)20(14)31-22-15(13)21(29)24(6,7)23(30)25(22,8)9/h10-11,13,27-28H,1-9H3/t13-/m0/s1. The molecule has 0 saturated carbocycles. The lowest BCUT2D eigenvalue weighted by molar-refractivity contribution is -0.144. The second-order valence-electron chi connectivity index (χ2n) is 10.4. The van der Waals surface area contributed by atoms with E-state index in [1.54, 1.807) is 48.5 Å². The van der Waals surface area contributed by atoms with Crippen molar-refractivity contribution in [3.8, 4) is 17.2 Å². The van der Waals surface area contributed by atoms with Crippen LogP contribution in [0.15, 0.2) is 11.3 Å². The van der Waals surface area contributed by atoms with Crippen LogP contribution in [0.25, 0.3) is 0 Å². The van der Waals surface area contributed by atoms with Gasteiger partial charge < -0.3 is 14.9 Å². The van der Waals surface area contributed by atoms with Gasteiger partial charge in [0.05, 0.1) is 10.8 Å². The summed E-state index contributed by atoms with van der Waals surface area (Å²) < 4.78 is 6.16. The summed E-state index contributed by atoms with van der Waals surface area (Å²) >= 11 is 0. The van der Waals surface area contributed by atoms with Crippen molar-refractivity contribution in [3.05, 3.63) is 28.0 Å². The van der Waals surface area contributed by atoms with Gasteiger partial charge in [-0.25, -0.2) is 0 Å². The van der Waals surface area contributed by atoms with Gasteiger partial charge in [-0.1, -0.05) is 27.7 Å². The number of carbonyl (C=O) groups is 3. The predicted molar refractivity (Wildman–Crippen MR) is 116 cm³/mol. The number of rotatable bonds is 3. The molecule has 6 heteroatoms. The number of phenolic OH excluding ortho intramolecular Hbond substituents is 2. The molecule has 1 aliphatic heterocycles. The van der Waals surface area contributed by atoms with E-state index in [4.69, 9.17) is 4.74 Å².